The average Bonchev–Trinajstić information content (AvgIpc) is 3.15. The summed E-state index contributed by atoms with van der Waals surface area (Å²) < 4.78 is 1.58. The molecule has 1 atom stereocenters. The van der Waals surface area contributed by atoms with E-state index in [1.807, 2.05) is 54.6 Å². The second-order valence-electron chi connectivity index (χ2n) is 6.55. The van der Waals surface area contributed by atoms with Gasteiger partial charge in [0.05, 0.1) is 12.7 Å². The van der Waals surface area contributed by atoms with E-state index in [4.69, 9.17) is 0 Å². The quantitative estimate of drug-likeness (QED) is 0.767. The van der Waals surface area contributed by atoms with Gasteiger partial charge in [0.2, 0.25) is 0 Å². The second-order valence-corrected chi connectivity index (χ2v) is 6.55. The number of aromatic nitrogens is 3. The number of benzene rings is 2. The third-order valence-corrected chi connectivity index (χ3v) is 4.74. The number of carboxylic acids is 1. The van der Waals surface area contributed by atoms with Crippen LogP contribution in [0, 0.1) is 0 Å². The Bertz CT molecular complexity index is 984. The smallest absolute Gasteiger partial charge is 0.326 e. The largest absolute Gasteiger partial charge is 0.480 e. The predicted octanol–water partition coefficient (Wildman–Crippen LogP) is 1.98. The molecule has 4 rings (SSSR count). The summed E-state index contributed by atoms with van der Waals surface area (Å²) in [4.78, 5) is 26.0. The van der Waals surface area contributed by atoms with E-state index >= 15 is 0 Å². The lowest BCUT2D eigenvalue weighted by atomic mass is 9.94. The van der Waals surface area contributed by atoms with Crippen LogP contribution in [-0.2, 0) is 24.3 Å². The minimum atomic E-state index is -1.02. The number of aliphatic carboxylic acids is 1. The van der Waals surface area contributed by atoms with Crippen molar-refractivity contribution in [3.63, 3.8) is 0 Å². The monoisotopic (exact) mass is 362 g/mol. The molecule has 0 saturated heterocycles. The third kappa shape index (κ3) is 3.44. The molecule has 1 aliphatic heterocycles. The normalized spacial score (nSPS) is 16.0. The Morgan fingerprint density at radius 3 is 2.48 bits per heavy atom. The summed E-state index contributed by atoms with van der Waals surface area (Å²) in [5.74, 6) is -1.44. The highest BCUT2D eigenvalue weighted by molar-refractivity contribution is 5.95. The molecule has 7 heteroatoms. The summed E-state index contributed by atoms with van der Waals surface area (Å²) in [6.07, 6.45) is 1.85. The number of carbonyl (C=O) groups excluding carboxylic acids is 1. The molecule has 0 spiro atoms. The first-order chi connectivity index (χ1) is 13.1. The van der Waals surface area contributed by atoms with Gasteiger partial charge in [-0.25, -0.2) is 9.48 Å². The molecule has 0 fully saturated rings. The molecular formula is C20H18N4O3. The van der Waals surface area contributed by atoms with Crippen LogP contribution in [0.2, 0.25) is 0 Å². The van der Waals surface area contributed by atoms with Gasteiger partial charge in [-0.2, -0.15) is 0 Å². The minimum Gasteiger partial charge on any atom is -0.480 e. The first kappa shape index (κ1) is 17.0. The van der Waals surface area contributed by atoms with Gasteiger partial charge in [-0.05, 0) is 16.7 Å². The number of carbonyl (C=O) groups is 2. The van der Waals surface area contributed by atoms with E-state index in [9.17, 15) is 14.7 Å². The van der Waals surface area contributed by atoms with E-state index in [0.717, 1.165) is 16.7 Å². The molecule has 3 aromatic rings. The molecule has 1 unspecified atom stereocenters. The summed E-state index contributed by atoms with van der Waals surface area (Å²) in [7, 11) is 0. The molecule has 1 aromatic heterocycles. The Hall–Kier alpha value is -3.48. The highest BCUT2D eigenvalue weighted by atomic mass is 16.4. The summed E-state index contributed by atoms with van der Waals surface area (Å²) in [6, 6.07) is 16.4. The summed E-state index contributed by atoms with van der Waals surface area (Å²) in [5, 5.41) is 17.6. The van der Waals surface area contributed by atoms with Gasteiger partial charge < -0.3 is 10.0 Å². The first-order valence-corrected chi connectivity index (χ1v) is 8.66. The Morgan fingerprint density at radius 2 is 1.74 bits per heavy atom. The van der Waals surface area contributed by atoms with Crippen molar-refractivity contribution in [2.75, 3.05) is 0 Å². The number of hydrogen-bond acceptors (Lipinski definition) is 4. The molecule has 2 heterocycles. The van der Waals surface area contributed by atoms with Crippen molar-refractivity contribution in [1.82, 2.24) is 19.9 Å². The zero-order valence-electron chi connectivity index (χ0n) is 14.5. The molecule has 136 valence electrons. The van der Waals surface area contributed by atoms with Gasteiger partial charge in [-0.15, -0.1) is 5.10 Å². The van der Waals surface area contributed by atoms with Crippen molar-refractivity contribution in [2.45, 2.75) is 25.6 Å². The van der Waals surface area contributed by atoms with Crippen LogP contribution in [-0.4, -0.2) is 42.9 Å². The molecule has 0 saturated carbocycles. The van der Waals surface area contributed by atoms with Crippen LogP contribution >= 0.6 is 0 Å². The first-order valence-electron chi connectivity index (χ1n) is 8.66. The average molecular weight is 362 g/mol. The molecular weight excluding hydrogens is 344 g/mol. The fourth-order valence-corrected chi connectivity index (χ4v) is 3.35. The van der Waals surface area contributed by atoms with E-state index in [1.165, 1.54) is 4.90 Å². The lowest BCUT2D eigenvalue weighted by Gasteiger charge is -2.33. The Morgan fingerprint density at radius 1 is 1.04 bits per heavy atom. The van der Waals surface area contributed by atoms with Gasteiger partial charge >= 0.3 is 5.97 Å². The standard InChI is InChI=1S/C20H18N4O3/c25-19(17-13-23(22-21-17)11-14-6-2-1-3-7-14)24-12-16-9-5-4-8-15(16)10-18(24)20(26)27/h1-9,13,18H,10-12H2,(H,26,27). The Kier molecular flexibility index (Phi) is 4.42. The number of rotatable bonds is 4. The summed E-state index contributed by atoms with van der Waals surface area (Å²) in [5.41, 5.74) is 3.11. The molecule has 1 N–H and O–H groups in total. The number of fused-ring (bicyclic) bond motifs is 1. The van der Waals surface area contributed by atoms with Crippen LogP contribution in [0.1, 0.15) is 27.2 Å². The number of amides is 1. The molecule has 0 aliphatic carbocycles. The van der Waals surface area contributed by atoms with Crippen LogP contribution in [0.5, 0.6) is 0 Å². The lowest BCUT2D eigenvalue weighted by molar-refractivity contribution is -0.142. The number of nitrogens with zero attached hydrogens (tertiary/aromatic N) is 4. The van der Waals surface area contributed by atoms with Crippen molar-refractivity contribution < 1.29 is 14.7 Å². The predicted molar refractivity (Wildman–Crippen MR) is 97.0 cm³/mol. The highest BCUT2D eigenvalue weighted by Gasteiger charge is 2.35. The molecule has 0 bridgehead atoms. The molecule has 1 amide bonds. The maximum absolute atomic E-state index is 12.9. The van der Waals surface area contributed by atoms with E-state index in [1.54, 1.807) is 10.9 Å². The molecule has 1 aliphatic rings. The fourth-order valence-electron chi connectivity index (χ4n) is 3.35. The van der Waals surface area contributed by atoms with Crippen molar-refractivity contribution >= 4 is 11.9 Å². The molecule has 2 aromatic carbocycles. The lowest BCUT2D eigenvalue weighted by Crippen LogP contribution is -2.48. The van der Waals surface area contributed by atoms with Gasteiger partial charge in [0, 0.05) is 13.0 Å². The van der Waals surface area contributed by atoms with Gasteiger partial charge in [-0.3, -0.25) is 4.79 Å². The maximum Gasteiger partial charge on any atom is 0.326 e. The third-order valence-electron chi connectivity index (χ3n) is 4.74. The van der Waals surface area contributed by atoms with Gasteiger partial charge in [-0.1, -0.05) is 59.8 Å². The zero-order valence-corrected chi connectivity index (χ0v) is 14.5. The van der Waals surface area contributed by atoms with E-state index in [0.29, 0.717) is 6.54 Å². The fraction of sp³-hybridized carbons (Fsp3) is 0.200. The minimum absolute atomic E-state index is 0.150. The van der Waals surface area contributed by atoms with Crippen molar-refractivity contribution in [1.29, 1.82) is 0 Å². The summed E-state index contributed by atoms with van der Waals surface area (Å²) >= 11 is 0. The van der Waals surface area contributed by atoms with Crippen LogP contribution in [0.4, 0.5) is 0 Å². The van der Waals surface area contributed by atoms with Gasteiger partial charge in [0.1, 0.15) is 6.04 Å². The van der Waals surface area contributed by atoms with Crippen LogP contribution < -0.4 is 0 Å². The van der Waals surface area contributed by atoms with Crippen molar-refractivity contribution in [3.05, 3.63) is 83.2 Å². The number of carboxylic acid groups (broad SMARTS) is 1. The van der Waals surface area contributed by atoms with Crippen molar-refractivity contribution in [3.8, 4) is 0 Å². The zero-order chi connectivity index (χ0) is 18.8. The Labute approximate surface area is 155 Å². The molecule has 0 radical (unpaired) electrons. The van der Waals surface area contributed by atoms with Crippen LogP contribution in [0.25, 0.3) is 0 Å². The number of hydrogen-bond donors (Lipinski definition) is 1. The second kappa shape index (κ2) is 7.03. The van der Waals surface area contributed by atoms with Crippen LogP contribution in [0.15, 0.2) is 60.8 Å². The summed E-state index contributed by atoms with van der Waals surface area (Å²) in [6.45, 7) is 0.740. The topological polar surface area (TPSA) is 88.3 Å². The van der Waals surface area contributed by atoms with E-state index in [2.05, 4.69) is 10.3 Å². The SMILES string of the molecule is O=C(O)C1Cc2ccccc2CN1C(=O)c1cn(Cc2ccccc2)nn1. The van der Waals surface area contributed by atoms with Crippen LogP contribution in [0.3, 0.4) is 0 Å². The molecule has 7 nitrogen and oxygen atoms in total. The van der Waals surface area contributed by atoms with E-state index < -0.39 is 17.9 Å². The van der Waals surface area contributed by atoms with Gasteiger partial charge in [0.15, 0.2) is 5.69 Å². The van der Waals surface area contributed by atoms with E-state index in [-0.39, 0.29) is 18.7 Å². The van der Waals surface area contributed by atoms with Gasteiger partial charge in [0.25, 0.3) is 5.91 Å². The molecule has 27 heavy (non-hydrogen) atoms. The Balaban J connectivity index is 1.57. The van der Waals surface area contributed by atoms with Crippen molar-refractivity contribution in [2.24, 2.45) is 0 Å². The highest BCUT2D eigenvalue weighted by Crippen LogP contribution is 2.24. The maximum atomic E-state index is 12.9.